The fraction of sp³-hybridized carbons (Fsp3) is 0.133. The minimum atomic E-state index is -4.11. The van der Waals surface area contributed by atoms with Gasteiger partial charge in [-0.3, -0.25) is 4.55 Å². The predicted octanol–water partition coefficient (Wildman–Crippen LogP) is 6.82. The lowest BCUT2D eigenvalue weighted by atomic mass is 10.0. The lowest BCUT2D eigenvalue weighted by Gasteiger charge is -2.12. The number of aromatic nitrogens is 4. The lowest BCUT2D eigenvalue weighted by Crippen LogP contribution is -2.06. The van der Waals surface area contributed by atoms with Crippen molar-refractivity contribution in [1.82, 2.24) is 19.9 Å². The molecule has 3 aromatic heterocycles. The third-order valence-electron chi connectivity index (χ3n) is 6.60. The van der Waals surface area contributed by atoms with Crippen LogP contribution in [0.2, 0.25) is 0 Å². The predicted molar refractivity (Wildman–Crippen MR) is 154 cm³/mol. The minimum Gasteiger partial charge on any atom is -0.355 e. The van der Waals surface area contributed by atoms with Crippen LogP contribution in [0.5, 0.6) is 0 Å². The molecule has 192 valence electrons. The van der Waals surface area contributed by atoms with Crippen molar-refractivity contribution in [1.29, 1.82) is 0 Å². The Balaban J connectivity index is 0.000000181. The number of nitrogens with zero attached hydrogens (tertiary/aromatic N) is 2. The van der Waals surface area contributed by atoms with Crippen molar-refractivity contribution in [2.24, 2.45) is 0 Å². The molecule has 0 radical (unpaired) electrons. The van der Waals surface area contributed by atoms with Crippen LogP contribution in [0.3, 0.4) is 0 Å². The van der Waals surface area contributed by atoms with E-state index in [9.17, 15) is 8.42 Å². The van der Waals surface area contributed by atoms with Gasteiger partial charge in [0, 0.05) is 22.1 Å². The van der Waals surface area contributed by atoms with Gasteiger partial charge < -0.3 is 9.97 Å². The maximum atomic E-state index is 11.1. The molecule has 2 aliphatic rings. The first kappa shape index (κ1) is 25.4. The van der Waals surface area contributed by atoms with Crippen molar-refractivity contribution in [2.75, 3.05) is 0 Å². The first-order valence-corrected chi connectivity index (χ1v) is 13.6. The van der Waals surface area contributed by atoms with Gasteiger partial charge in [0.2, 0.25) is 0 Å². The molecule has 38 heavy (non-hydrogen) atoms. The molecule has 4 aromatic rings. The average molecular weight is 525 g/mol. The molecular formula is C30H28N4O3S. The zero-order valence-corrected chi connectivity index (χ0v) is 22.4. The first-order chi connectivity index (χ1) is 18.0. The van der Waals surface area contributed by atoms with Gasteiger partial charge in [-0.15, -0.1) is 0 Å². The summed E-state index contributed by atoms with van der Waals surface area (Å²) in [4.78, 5) is 16.1. The number of aryl methyl sites for hydroxylation is 2. The van der Waals surface area contributed by atoms with Gasteiger partial charge in [-0.1, -0.05) is 6.07 Å². The molecule has 0 amide bonds. The molecule has 0 unspecified atom stereocenters. The van der Waals surface area contributed by atoms with Crippen LogP contribution >= 0.6 is 0 Å². The maximum Gasteiger partial charge on any atom is 0.295 e. The molecule has 3 N–H and O–H groups in total. The van der Waals surface area contributed by atoms with Gasteiger partial charge in [0.05, 0.1) is 22.8 Å². The van der Waals surface area contributed by atoms with E-state index in [1.807, 2.05) is 68.5 Å². The summed E-state index contributed by atoms with van der Waals surface area (Å²) in [5.41, 5.74) is 10.9. The number of rotatable bonds is 1. The number of nitrogens with one attached hydrogen (secondary N) is 2. The second-order valence-corrected chi connectivity index (χ2v) is 10.8. The number of hydrogen-bond acceptors (Lipinski definition) is 4. The van der Waals surface area contributed by atoms with Crippen molar-refractivity contribution in [3.8, 4) is 0 Å². The lowest BCUT2D eigenvalue weighted by molar-refractivity contribution is 0.481. The highest BCUT2D eigenvalue weighted by Gasteiger charge is 2.19. The zero-order valence-electron chi connectivity index (χ0n) is 21.6. The van der Waals surface area contributed by atoms with Gasteiger partial charge in [-0.2, -0.15) is 8.42 Å². The highest BCUT2D eigenvalue weighted by atomic mass is 32.2. The highest BCUT2D eigenvalue weighted by molar-refractivity contribution is 7.86. The van der Waals surface area contributed by atoms with E-state index in [-0.39, 0.29) is 4.90 Å². The summed E-state index contributed by atoms with van der Waals surface area (Å²) in [5, 5.41) is 0. The van der Waals surface area contributed by atoms with Crippen LogP contribution in [0.15, 0.2) is 59.5 Å². The molecule has 0 fully saturated rings. The molecule has 0 spiro atoms. The Morgan fingerprint density at radius 2 is 0.895 bits per heavy atom. The Hall–Kier alpha value is -4.27. The summed E-state index contributed by atoms with van der Waals surface area (Å²) in [6.45, 7) is 7.06. The molecule has 5 heterocycles. The Morgan fingerprint density at radius 1 is 0.579 bits per heavy atom. The van der Waals surface area contributed by atoms with Gasteiger partial charge in [0.15, 0.2) is 0 Å². The fourth-order valence-electron chi connectivity index (χ4n) is 4.51. The van der Waals surface area contributed by atoms with E-state index in [0.29, 0.717) is 11.1 Å². The summed E-state index contributed by atoms with van der Waals surface area (Å²) in [6, 6.07) is 18.3. The summed E-state index contributed by atoms with van der Waals surface area (Å²) in [5.74, 6) is 0. The Morgan fingerprint density at radius 3 is 1.18 bits per heavy atom. The van der Waals surface area contributed by atoms with Crippen molar-refractivity contribution in [3.05, 3.63) is 99.6 Å². The Bertz CT molecular complexity index is 1690. The molecule has 7 nitrogen and oxygen atoms in total. The fourth-order valence-corrected chi connectivity index (χ4v) is 5.61. The van der Waals surface area contributed by atoms with Crippen molar-refractivity contribution in [2.45, 2.75) is 32.6 Å². The van der Waals surface area contributed by atoms with Gasteiger partial charge in [0.25, 0.3) is 10.1 Å². The summed E-state index contributed by atoms with van der Waals surface area (Å²) < 4.78 is 31.3. The largest absolute Gasteiger partial charge is 0.355 e. The summed E-state index contributed by atoms with van der Waals surface area (Å²) in [7, 11) is -4.11. The van der Waals surface area contributed by atoms with Crippen molar-refractivity contribution in [3.63, 3.8) is 0 Å². The zero-order chi connectivity index (χ0) is 27.0. The minimum absolute atomic E-state index is 0.0509. The first-order valence-electron chi connectivity index (χ1n) is 12.1. The Labute approximate surface area is 221 Å². The molecule has 0 aliphatic carbocycles. The van der Waals surface area contributed by atoms with Crippen LogP contribution in [-0.4, -0.2) is 32.9 Å². The van der Waals surface area contributed by atoms with Crippen molar-refractivity contribution < 1.29 is 13.0 Å². The van der Waals surface area contributed by atoms with Crippen LogP contribution in [0.25, 0.3) is 46.4 Å². The molecule has 8 heteroatoms. The number of H-pyrrole nitrogens is 2. The molecule has 8 bridgehead atoms. The van der Waals surface area contributed by atoms with Crippen molar-refractivity contribution >= 4 is 56.5 Å². The summed E-state index contributed by atoms with van der Waals surface area (Å²) >= 11 is 0. The van der Waals surface area contributed by atoms with E-state index in [0.717, 1.165) is 56.0 Å². The van der Waals surface area contributed by atoms with E-state index < -0.39 is 10.1 Å². The quantitative estimate of drug-likeness (QED) is 0.204. The maximum absolute atomic E-state index is 11.1. The van der Waals surface area contributed by atoms with E-state index in [1.165, 1.54) is 0 Å². The SMILES string of the molecule is C1=Cc2cc3ccc(cc4nc(cc5ccc(cc1n2)[nH]5)C=C4)[nH]3.Cc1cc(C)c(C)c(S(=O)(=O)O)c1C. The molecule has 0 saturated heterocycles. The second-order valence-electron chi connectivity index (χ2n) is 9.47. The number of fused-ring (bicyclic) bond motifs is 8. The standard InChI is InChI=1S/C20H14N4.C10H14O3S/c1-2-14-10-16-5-6-18(23-16)12-20-8-7-19(24-20)11-17-4-3-15(22-17)9-13(1)21-14;1-6-5-7(2)9(4)10(8(6)3)14(11,12)13/h1-12,21,24H;5H,1-4H3,(H,11,12,13). The topological polar surface area (TPSA) is 112 Å². The number of aromatic amines is 2. The second kappa shape index (κ2) is 9.89. The Kier molecular flexibility index (Phi) is 6.60. The summed E-state index contributed by atoms with van der Waals surface area (Å²) in [6.07, 6.45) is 8.09. The molecule has 0 saturated carbocycles. The molecule has 6 rings (SSSR count). The van der Waals surface area contributed by atoms with E-state index in [1.54, 1.807) is 13.8 Å². The van der Waals surface area contributed by atoms with E-state index in [4.69, 9.17) is 4.55 Å². The third-order valence-corrected chi connectivity index (χ3v) is 7.73. The van der Waals surface area contributed by atoms with Crippen LogP contribution in [0.4, 0.5) is 0 Å². The third kappa shape index (κ3) is 5.51. The highest BCUT2D eigenvalue weighted by Crippen LogP contribution is 2.25. The van der Waals surface area contributed by atoms with Crippen LogP contribution < -0.4 is 0 Å². The molecule has 0 atom stereocenters. The van der Waals surface area contributed by atoms with Gasteiger partial charge >= 0.3 is 0 Å². The van der Waals surface area contributed by atoms with E-state index in [2.05, 4.69) is 44.2 Å². The average Bonchev–Trinajstić information content (AvgIpc) is 3.64. The van der Waals surface area contributed by atoms with Gasteiger partial charge in [-0.05, 0) is 123 Å². The molecule has 1 aromatic carbocycles. The van der Waals surface area contributed by atoms with Crippen LogP contribution in [-0.2, 0) is 10.1 Å². The number of hydrogen-bond donors (Lipinski definition) is 3. The number of benzene rings is 1. The van der Waals surface area contributed by atoms with Crippen LogP contribution in [0.1, 0.15) is 45.0 Å². The molecular weight excluding hydrogens is 496 g/mol. The smallest absolute Gasteiger partial charge is 0.295 e. The van der Waals surface area contributed by atoms with Gasteiger partial charge in [-0.25, -0.2) is 9.97 Å². The monoisotopic (exact) mass is 524 g/mol. The van der Waals surface area contributed by atoms with E-state index >= 15 is 0 Å². The normalized spacial score (nSPS) is 12.3. The van der Waals surface area contributed by atoms with Crippen LogP contribution in [0, 0.1) is 27.7 Å². The van der Waals surface area contributed by atoms with Gasteiger partial charge in [0.1, 0.15) is 4.90 Å². The molecule has 2 aliphatic heterocycles.